The highest BCUT2D eigenvalue weighted by Gasteiger charge is 2.25. The van der Waals surface area contributed by atoms with E-state index in [0.717, 1.165) is 31.7 Å². The number of hydrogen-bond acceptors (Lipinski definition) is 6. The van der Waals surface area contributed by atoms with Crippen molar-refractivity contribution in [1.29, 1.82) is 5.26 Å². The first kappa shape index (κ1) is 20.1. The molecule has 1 N–H and O–H groups in total. The van der Waals surface area contributed by atoms with E-state index in [0.29, 0.717) is 25.1 Å². The second kappa shape index (κ2) is 8.96. The molecule has 0 aliphatic carbocycles. The van der Waals surface area contributed by atoms with Gasteiger partial charge in [0, 0.05) is 45.3 Å². The summed E-state index contributed by atoms with van der Waals surface area (Å²) >= 11 is 0. The lowest BCUT2D eigenvalue weighted by molar-refractivity contribution is -0.125. The number of rotatable bonds is 7. The van der Waals surface area contributed by atoms with Crippen molar-refractivity contribution in [3.63, 3.8) is 0 Å². The molecule has 0 aromatic carbocycles. The second-order valence-corrected chi connectivity index (χ2v) is 8.60. The number of carbonyl (C=O) groups excluding carboxylic acids is 1. The summed E-state index contributed by atoms with van der Waals surface area (Å²) in [5.41, 5.74) is 0.532. The maximum atomic E-state index is 12.3. The van der Waals surface area contributed by atoms with E-state index >= 15 is 0 Å². The van der Waals surface area contributed by atoms with Crippen LogP contribution >= 0.6 is 0 Å². The Hall–Kier alpha value is -2.18. The van der Waals surface area contributed by atoms with Crippen molar-refractivity contribution in [2.45, 2.75) is 19.3 Å². The average Bonchev–Trinajstić information content (AvgIpc) is 2.64. The van der Waals surface area contributed by atoms with Crippen LogP contribution in [-0.4, -0.2) is 63.1 Å². The molecule has 1 aromatic rings. The first-order chi connectivity index (χ1) is 12.3. The molecule has 0 unspecified atom stereocenters. The Labute approximate surface area is 154 Å². The molecule has 2 heterocycles. The topological polar surface area (TPSA) is 106 Å². The first-order valence-corrected chi connectivity index (χ1v) is 10.5. The van der Waals surface area contributed by atoms with Gasteiger partial charge in [-0.2, -0.15) is 5.26 Å². The van der Waals surface area contributed by atoms with Crippen molar-refractivity contribution in [2.24, 2.45) is 5.92 Å². The van der Waals surface area contributed by atoms with Gasteiger partial charge in [0.05, 0.1) is 11.8 Å². The van der Waals surface area contributed by atoms with Gasteiger partial charge in [-0.25, -0.2) is 17.7 Å². The van der Waals surface area contributed by atoms with Crippen LogP contribution in [0.5, 0.6) is 0 Å². The van der Waals surface area contributed by atoms with Gasteiger partial charge in [0.15, 0.2) is 0 Å². The van der Waals surface area contributed by atoms with Gasteiger partial charge in [-0.3, -0.25) is 4.79 Å². The highest BCUT2D eigenvalue weighted by atomic mass is 32.2. The molecule has 1 saturated heterocycles. The Morgan fingerprint density at radius 3 is 2.65 bits per heavy atom. The number of pyridine rings is 1. The van der Waals surface area contributed by atoms with E-state index in [2.05, 4.69) is 15.2 Å². The van der Waals surface area contributed by atoms with E-state index in [4.69, 9.17) is 5.26 Å². The number of hydrogen-bond donors (Lipinski definition) is 1. The summed E-state index contributed by atoms with van der Waals surface area (Å²) < 4.78 is 23.9. The van der Waals surface area contributed by atoms with E-state index in [1.165, 1.54) is 17.6 Å². The lowest BCUT2D eigenvalue weighted by Gasteiger charge is -2.32. The van der Waals surface area contributed by atoms with E-state index in [1.54, 1.807) is 12.3 Å². The predicted octanol–water partition coefficient (Wildman–Crippen LogP) is 0.567. The summed E-state index contributed by atoms with van der Waals surface area (Å²) in [6, 6.07) is 5.62. The number of amides is 1. The van der Waals surface area contributed by atoms with Gasteiger partial charge in [-0.1, -0.05) is 0 Å². The zero-order valence-corrected chi connectivity index (χ0v) is 16.0. The van der Waals surface area contributed by atoms with E-state index in [1.807, 2.05) is 12.1 Å². The Balaban J connectivity index is 1.71. The van der Waals surface area contributed by atoms with Crippen LogP contribution in [0.4, 0.5) is 5.82 Å². The van der Waals surface area contributed by atoms with Crippen molar-refractivity contribution >= 4 is 21.7 Å². The average molecular weight is 379 g/mol. The highest BCUT2D eigenvalue weighted by Crippen LogP contribution is 2.22. The van der Waals surface area contributed by atoms with Gasteiger partial charge in [0.2, 0.25) is 15.9 Å². The maximum absolute atomic E-state index is 12.3. The monoisotopic (exact) mass is 379 g/mol. The molecular weight excluding hydrogens is 354 g/mol. The lowest BCUT2D eigenvalue weighted by Crippen LogP contribution is -2.41. The fourth-order valence-corrected chi connectivity index (χ4v) is 3.29. The zero-order valence-electron chi connectivity index (χ0n) is 15.2. The third-order valence-electron chi connectivity index (χ3n) is 4.58. The van der Waals surface area contributed by atoms with Crippen molar-refractivity contribution in [3.8, 4) is 6.07 Å². The quantitative estimate of drug-likeness (QED) is 0.694. The van der Waals surface area contributed by atoms with Crippen LogP contribution < -0.4 is 10.2 Å². The maximum Gasteiger partial charge on any atom is 0.223 e. The molecule has 1 fully saturated rings. The summed E-state index contributed by atoms with van der Waals surface area (Å²) in [6.45, 7) is 2.35. The van der Waals surface area contributed by atoms with Gasteiger partial charge >= 0.3 is 0 Å². The van der Waals surface area contributed by atoms with Gasteiger partial charge in [-0.15, -0.1) is 0 Å². The Morgan fingerprint density at radius 1 is 1.42 bits per heavy atom. The van der Waals surface area contributed by atoms with Crippen molar-refractivity contribution in [3.05, 3.63) is 23.9 Å². The van der Waals surface area contributed by atoms with Crippen LogP contribution in [0, 0.1) is 17.2 Å². The molecule has 8 nitrogen and oxygen atoms in total. The molecule has 1 aliphatic rings. The van der Waals surface area contributed by atoms with E-state index in [-0.39, 0.29) is 11.8 Å². The number of carbonyl (C=O) groups is 1. The summed E-state index contributed by atoms with van der Waals surface area (Å²) in [4.78, 5) is 18.7. The second-order valence-electron chi connectivity index (χ2n) is 6.51. The highest BCUT2D eigenvalue weighted by molar-refractivity contribution is 7.88. The standard InChI is InChI=1S/C17H25N5O3S/c1-21(26(2,24)25)9-3-8-19-17(23)15-6-10-22(11-7-15)16-5-4-14(12-18)13-20-16/h4-5,13,15H,3,6-11H2,1-2H3,(H,19,23). The normalized spacial score (nSPS) is 15.7. The number of nitrogens with one attached hydrogen (secondary N) is 1. The first-order valence-electron chi connectivity index (χ1n) is 8.61. The Kier molecular flexibility index (Phi) is 6.94. The fourth-order valence-electron chi connectivity index (χ4n) is 2.83. The van der Waals surface area contributed by atoms with Crippen LogP contribution in [0.25, 0.3) is 0 Å². The third-order valence-corrected chi connectivity index (χ3v) is 5.90. The van der Waals surface area contributed by atoms with Crippen LogP contribution in [-0.2, 0) is 14.8 Å². The molecular formula is C17H25N5O3S. The molecule has 26 heavy (non-hydrogen) atoms. The molecule has 9 heteroatoms. The third kappa shape index (κ3) is 5.68. The molecule has 0 bridgehead atoms. The van der Waals surface area contributed by atoms with Gasteiger partial charge in [-0.05, 0) is 31.4 Å². The lowest BCUT2D eigenvalue weighted by atomic mass is 9.96. The Bertz CT molecular complexity index is 750. The minimum Gasteiger partial charge on any atom is -0.357 e. The molecule has 0 saturated carbocycles. The predicted molar refractivity (Wildman–Crippen MR) is 99.0 cm³/mol. The number of aromatic nitrogens is 1. The summed E-state index contributed by atoms with van der Waals surface area (Å²) in [7, 11) is -1.64. The van der Waals surface area contributed by atoms with Crippen LogP contribution in [0.2, 0.25) is 0 Å². The minimum atomic E-state index is -3.17. The SMILES string of the molecule is CN(CCCNC(=O)C1CCN(c2ccc(C#N)cn2)CC1)S(C)(=O)=O. The molecule has 1 aromatic heterocycles. The summed E-state index contributed by atoms with van der Waals surface area (Å²) in [6.07, 6.45) is 4.81. The molecule has 0 spiro atoms. The Morgan fingerprint density at radius 2 is 2.12 bits per heavy atom. The van der Waals surface area contributed by atoms with Crippen LogP contribution in [0.15, 0.2) is 18.3 Å². The van der Waals surface area contributed by atoms with E-state index < -0.39 is 10.0 Å². The summed E-state index contributed by atoms with van der Waals surface area (Å²) in [5, 5.41) is 11.7. The van der Waals surface area contributed by atoms with Gasteiger partial charge in [0.1, 0.15) is 11.9 Å². The molecule has 1 aliphatic heterocycles. The van der Waals surface area contributed by atoms with Crippen molar-refractivity contribution in [1.82, 2.24) is 14.6 Å². The summed E-state index contributed by atoms with van der Waals surface area (Å²) in [5.74, 6) is 0.823. The largest absolute Gasteiger partial charge is 0.357 e. The molecule has 142 valence electrons. The molecule has 0 radical (unpaired) electrons. The van der Waals surface area contributed by atoms with Crippen LogP contribution in [0.1, 0.15) is 24.8 Å². The molecule has 2 rings (SSSR count). The minimum absolute atomic E-state index is 0.0273. The number of sulfonamides is 1. The smallest absolute Gasteiger partial charge is 0.223 e. The van der Waals surface area contributed by atoms with Gasteiger partial charge in [0.25, 0.3) is 0 Å². The number of nitriles is 1. The van der Waals surface area contributed by atoms with Gasteiger partial charge < -0.3 is 10.2 Å². The van der Waals surface area contributed by atoms with E-state index in [9.17, 15) is 13.2 Å². The van der Waals surface area contributed by atoms with Crippen molar-refractivity contribution in [2.75, 3.05) is 44.4 Å². The number of anilines is 1. The molecule has 0 atom stereocenters. The fraction of sp³-hybridized carbons (Fsp3) is 0.588. The van der Waals surface area contributed by atoms with Crippen LogP contribution in [0.3, 0.4) is 0 Å². The van der Waals surface area contributed by atoms with Crippen molar-refractivity contribution < 1.29 is 13.2 Å². The molecule has 1 amide bonds. The number of nitrogens with zero attached hydrogens (tertiary/aromatic N) is 4. The zero-order chi connectivity index (χ0) is 19.2. The number of piperidine rings is 1.